The number of anilines is 2. The van der Waals surface area contributed by atoms with Crippen molar-refractivity contribution in [2.24, 2.45) is 5.73 Å². The van der Waals surface area contributed by atoms with Gasteiger partial charge in [0.1, 0.15) is 11.4 Å². The summed E-state index contributed by atoms with van der Waals surface area (Å²) in [6.07, 6.45) is 0. The summed E-state index contributed by atoms with van der Waals surface area (Å²) in [6.45, 7) is 3.19. The van der Waals surface area contributed by atoms with Crippen molar-refractivity contribution >= 4 is 17.3 Å². The first kappa shape index (κ1) is 11.3. The van der Waals surface area contributed by atoms with Crippen LogP contribution in [0.2, 0.25) is 0 Å². The molecule has 5 N–H and O–H groups in total. The van der Waals surface area contributed by atoms with Crippen LogP contribution in [0.5, 0.6) is 0 Å². The van der Waals surface area contributed by atoms with E-state index in [0.717, 1.165) is 0 Å². The number of nitrogens with one attached hydrogen (secondary N) is 1. The number of carbonyl (C=O) groups is 1. The van der Waals surface area contributed by atoms with Crippen LogP contribution in [-0.2, 0) is 4.79 Å². The Morgan fingerprint density at radius 1 is 1.47 bits per heavy atom. The van der Waals surface area contributed by atoms with E-state index in [-0.39, 0.29) is 0 Å². The lowest BCUT2D eigenvalue weighted by Gasteiger charge is -2.24. The fourth-order valence-electron chi connectivity index (χ4n) is 1.04. The normalized spacial score (nSPS) is 11.1. The highest BCUT2D eigenvalue weighted by Gasteiger charge is 2.25. The highest BCUT2D eigenvalue weighted by Crippen LogP contribution is 2.22. The van der Waals surface area contributed by atoms with Crippen LogP contribution in [0.15, 0.2) is 18.2 Å². The number of carbonyl (C=O) groups excluding carboxylic acids is 1. The minimum absolute atomic E-state index is 0.360. The van der Waals surface area contributed by atoms with Gasteiger partial charge in [0.2, 0.25) is 5.91 Å². The van der Waals surface area contributed by atoms with Crippen molar-refractivity contribution in [3.05, 3.63) is 24.0 Å². The molecule has 0 aromatic heterocycles. The third-order valence-corrected chi connectivity index (χ3v) is 2.08. The second-order valence-electron chi connectivity index (χ2n) is 3.85. The lowest BCUT2D eigenvalue weighted by molar-refractivity contribution is -0.121. The monoisotopic (exact) mass is 211 g/mol. The number of rotatable bonds is 3. The molecule has 5 heteroatoms. The van der Waals surface area contributed by atoms with Gasteiger partial charge in [-0.1, -0.05) is 0 Å². The summed E-state index contributed by atoms with van der Waals surface area (Å²) >= 11 is 0. The molecule has 1 rings (SSSR count). The van der Waals surface area contributed by atoms with Crippen molar-refractivity contribution in [1.29, 1.82) is 0 Å². The smallest absolute Gasteiger partial charge is 0.242 e. The quantitative estimate of drug-likeness (QED) is 0.654. The van der Waals surface area contributed by atoms with Crippen molar-refractivity contribution in [2.75, 3.05) is 11.1 Å². The van der Waals surface area contributed by atoms with Gasteiger partial charge in [-0.2, -0.15) is 0 Å². The van der Waals surface area contributed by atoms with Crippen LogP contribution in [0.1, 0.15) is 13.8 Å². The molecule has 4 nitrogen and oxygen atoms in total. The van der Waals surface area contributed by atoms with E-state index in [2.05, 4.69) is 5.32 Å². The summed E-state index contributed by atoms with van der Waals surface area (Å²) in [4.78, 5) is 11.0. The minimum Gasteiger partial charge on any atom is -0.397 e. The molecule has 0 saturated carbocycles. The summed E-state index contributed by atoms with van der Waals surface area (Å²) in [5.41, 5.74) is 10.5. The van der Waals surface area contributed by atoms with Crippen LogP contribution in [0.4, 0.5) is 15.8 Å². The van der Waals surface area contributed by atoms with E-state index < -0.39 is 17.3 Å². The van der Waals surface area contributed by atoms with E-state index in [1.165, 1.54) is 18.2 Å². The first-order chi connectivity index (χ1) is 6.83. The molecule has 0 aliphatic carbocycles. The Labute approximate surface area is 87.4 Å². The number of benzene rings is 1. The molecule has 0 unspecified atom stereocenters. The van der Waals surface area contributed by atoms with E-state index in [4.69, 9.17) is 11.5 Å². The molecule has 82 valence electrons. The number of primary amides is 1. The Balaban J connectivity index is 2.99. The number of hydrogen-bond donors (Lipinski definition) is 3. The molecule has 0 saturated heterocycles. The molecule has 0 fully saturated rings. The van der Waals surface area contributed by atoms with Crippen LogP contribution < -0.4 is 16.8 Å². The zero-order valence-corrected chi connectivity index (χ0v) is 8.67. The van der Waals surface area contributed by atoms with Crippen molar-refractivity contribution in [3.8, 4) is 0 Å². The molecule has 0 radical (unpaired) electrons. The molecule has 0 atom stereocenters. The van der Waals surface area contributed by atoms with E-state index in [1.807, 2.05) is 0 Å². The number of amides is 1. The number of nitrogen functional groups attached to an aromatic ring is 1. The third-order valence-electron chi connectivity index (χ3n) is 2.08. The Bertz CT molecular complexity index is 390. The molecule has 15 heavy (non-hydrogen) atoms. The highest BCUT2D eigenvalue weighted by molar-refractivity contribution is 5.88. The van der Waals surface area contributed by atoms with E-state index in [0.29, 0.717) is 11.4 Å². The minimum atomic E-state index is -0.970. The lowest BCUT2D eigenvalue weighted by Crippen LogP contribution is -2.45. The SMILES string of the molecule is CC(C)(Nc1cc(F)ccc1N)C(N)=O. The Morgan fingerprint density at radius 3 is 2.60 bits per heavy atom. The first-order valence-electron chi connectivity index (χ1n) is 4.46. The molecule has 0 heterocycles. The summed E-state index contributed by atoms with van der Waals surface area (Å²) in [7, 11) is 0. The second-order valence-corrected chi connectivity index (χ2v) is 3.85. The summed E-state index contributed by atoms with van der Waals surface area (Å²) < 4.78 is 12.9. The fourth-order valence-corrected chi connectivity index (χ4v) is 1.04. The van der Waals surface area contributed by atoms with Crippen LogP contribution in [0.3, 0.4) is 0 Å². The van der Waals surface area contributed by atoms with Gasteiger partial charge in [-0.25, -0.2) is 4.39 Å². The third kappa shape index (κ3) is 2.59. The second kappa shape index (κ2) is 3.76. The molecular formula is C10H14FN3O. The van der Waals surface area contributed by atoms with Gasteiger partial charge < -0.3 is 16.8 Å². The van der Waals surface area contributed by atoms with Gasteiger partial charge >= 0.3 is 0 Å². The molecule has 1 aromatic carbocycles. The standard InChI is InChI=1S/C10H14FN3O/c1-10(2,9(13)15)14-8-5-6(11)3-4-7(8)12/h3-5,14H,12H2,1-2H3,(H2,13,15). The maximum atomic E-state index is 12.9. The average molecular weight is 211 g/mol. The average Bonchev–Trinajstić information content (AvgIpc) is 2.10. The number of nitrogens with two attached hydrogens (primary N) is 2. The van der Waals surface area contributed by atoms with Gasteiger partial charge in [0.05, 0.1) is 11.4 Å². The Hall–Kier alpha value is -1.78. The molecule has 0 aliphatic heterocycles. The number of halogens is 1. The van der Waals surface area contributed by atoms with Crippen molar-refractivity contribution in [2.45, 2.75) is 19.4 Å². The Kier molecular flexibility index (Phi) is 2.83. The van der Waals surface area contributed by atoms with Crippen LogP contribution in [0, 0.1) is 5.82 Å². The maximum absolute atomic E-state index is 12.9. The van der Waals surface area contributed by atoms with Gasteiger partial charge in [0, 0.05) is 0 Å². The van der Waals surface area contributed by atoms with Crippen LogP contribution in [0.25, 0.3) is 0 Å². The molecule has 1 aromatic rings. The van der Waals surface area contributed by atoms with Crippen molar-refractivity contribution < 1.29 is 9.18 Å². The van der Waals surface area contributed by atoms with Gasteiger partial charge in [-0.05, 0) is 32.0 Å². The molecular weight excluding hydrogens is 197 g/mol. The van der Waals surface area contributed by atoms with E-state index >= 15 is 0 Å². The van der Waals surface area contributed by atoms with Gasteiger partial charge in [0.25, 0.3) is 0 Å². The fraction of sp³-hybridized carbons (Fsp3) is 0.300. The molecule has 1 amide bonds. The molecule has 0 bridgehead atoms. The lowest BCUT2D eigenvalue weighted by atomic mass is 10.0. The molecule has 0 aliphatic rings. The predicted octanol–water partition coefficient (Wildman–Crippen LogP) is 1.08. The number of hydrogen-bond acceptors (Lipinski definition) is 3. The zero-order chi connectivity index (χ0) is 11.6. The topological polar surface area (TPSA) is 81.1 Å². The maximum Gasteiger partial charge on any atom is 0.242 e. The largest absolute Gasteiger partial charge is 0.397 e. The summed E-state index contributed by atoms with van der Waals surface area (Å²) in [5.74, 6) is -0.960. The van der Waals surface area contributed by atoms with E-state index in [9.17, 15) is 9.18 Å². The van der Waals surface area contributed by atoms with Gasteiger partial charge in [-0.3, -0.25) is 4.79 Å². The van der Waals surface area contributed by atoms with Crippen molar-refractivity contribution in [3.63, 3.8) is 0 Å². The van der Waals surface area contributed by atoms with E-state index in [1.54, 1.807) is 13.8 Å². The van der Waals surface area contributed by atoms with Crippen molar-refractivity contribution in [1.82, 2.24) is 0 Å². The first-order valence-corrected chi connectivity index (χ1v) is 4.46. The zero-order valence-electron chi connectivity index (χ0n) is 8.67. The predicted molar refractivity (Wildman–Crippen MR) is 57.7 cm³/mol. The molecule has 0 spiro atoms. The van der Waals surface area contributed by atoms with Crippen LogP contribution in [-0.4, -0.2) is 11.4 Å². The summed E-state index contributed by atoms with van der Waals surface area (Å²) in [6, 6.07) is 3.90. The highest BCUT2D eigenvalue weighted by atomic mass is 19.1. The van der Waals surface area contributed by atoms with Gasteiger partial charge in [0.15, 0.2) is 0 Å². The summed E-state index contributed by atoms with van der Waals surface area (Å²) in [5, 5.41) is 2.79. The Morgan fingerprint density at radius 2 is 2.07 bits per heavy atom. The van der Waals surface area contributed by atoms with Crippen LogP contribution >= 0.6 is 0 Å². The van der Waals surface area contributed by atoms with Gasteiger partial charge in [-0.15, -0.1) is 0 Å².